The van der Waals surface area contributed by atoms with Crippen molar-refractivity contribution in [1.29, 1.82) is 0 Å². The summed E-state index contributed by atoms with van der Waals surface area (Å²) in [5.74, 6) is -0.119. The van der Waals surface area contributed by atoms with Crippen molar-refractivity contribution in [2.24, 2.45) is 0 Å². The number of carbonyl (C=O) groups is 1. The Bertz CT molecular complexity index is 694. The molecule has 1 aliphatic heterocycles. The number of aliphatic hydroxyl groups excluding tert-OH is 2. The summed E-state index contributed by atoms with van der Waals surface area (Å²) in [5, 5.41) is 20.8. The lowest BCUT2D eigenvalue weighted by Gasteiger charge is -2.23. The zero-order valence-corrected chi connectivity index (χ0v) is 27.4. The topological polar surface area (TPSA) is 85.2 Å². The van der Waals surface area contributed by atoms with Gasteiger partial charge in [-0.15, -0.1) is 0 Å². The molecule has 2 N–H and O–H groups in total. The van der Waals surface area contributed by atoms with Gasteiger partial charge in [0.05, 0.1) is 37.6 Å². The Morgan fingerprint density at radius 1 is 0.714 bits per heavy atom. The maximum Gasteiger partial charge on any atom is 0.334 e. The molecule has 1 saturated carbocycles. The van der Waals surface area contributed by atoms with Gasteiger partial charge in [-0.25, -0.2) is 4.79 Å². The van der Waals surface area contributed by atoms with Crippen molar-refractivity contribution in [3.05, 3.63) is 11.6 Å². The van der Waals surface area contributed by atoms with Crippen molar-refractivity contribution in [1.82, 2.24) is 0 Å². The lowest BCUT2D eigenvalue weighted by Crippen LogP contribution is -2.32. The van der Waals surface area contributed by atoms with Gasteiger partial charge in [-0.2, -0.15) is 0 Å². The van der Waals surface area contributed by atoms with Crippen LogP contribution >= 0.6 is 0 Å². The summed E-state index contributed by atoms with van der Waals surface area (Å²) < 4.78 is 17.3. The van der Waals surface area contributed by atoms with Crippen molar-refractivity contribution >= 4 is 5.97 Å². The normalized spacial score (nSPS) is 22.0. The molecule has 2 aliphatic rings. The summed E-state index contributed by atoms with van der Waals surface area (Å²) in [5.41, 5.74) is 0.867. The fourth-order valence-corrected chi connectivity index (χ4v) is 6.35. The molecular weight excluding hydrogens is 528 g/mol. The van der Waals surface area contributed by atoms with Crippen molar-refractivity contribution in [2.45, 2.75) is 198 Å². The van der Waals surface area contributed by atoms with Crippen LogP contribution < -0.4 is 0 Å². The average molecular weight is 595 g/mol. The summed E-state index contributed by atoms with van der Waals surface area (Å²) in [7, 11) is 0. The minimum Gasteiger partial charge on any atom is -0.455 e. The second-order valence-electron chi connectivity index (χ2n) is 13.1. The smallest absolute Gasteiger partial charge is 0.334 e. The van der Waals surface area contributed by atoms with E-state index in [2.05, 4.69) is 6.92 Å². The number of hydrogen-bond donors (Lipinski definition) is 2. The summed E-state index contributed by atoms with van der Waals surface area (Å²) in [6.07, 6.45) is 29.1. The van der Waals surface area contributed by atoms with Crippen molar-refractivity contribution < 1.29 is 29.2 Å². The van der Waals surface area contributed by atoms with Crippen LogP contribution in [0.4, 0.5) is 0 Å². The highest BCUT2D eigenvalue weighted by Crippen LogP contribution is 2.26. The molecule has 0 aromatic heterocycles. The molecule has 1 aliphatic carbocycles. The number of esters is 1. The van der Waals surface area contributed by atoms with Crippen molar-refractivity contribution in [2.75, 3.05) is 13.2 Å². The molecule has 0 aromatic rings. The molecule has 0 radical (unpaired) electrons. The first-order valence-corrected chi connectivity index (χ1v) is 18.0. The molecule has 42 heavy (non-hydrogen) atoms. The molecule has 2 rings (SSSR count). The molecule has 5 atom stereocenters. The zero-order valence-electron chi connectivity index (χ0n) is 27.4. The first-order chi connectivity index (χ1) is 20.5. The van der Waals surface area contributed by atoms with Crippen molar-refractivity contribution in [3.8, 4) is 0 Å². The average Bonchev–Trinajstić information content (AvgIpc) is 3.56. The van der Waals surface area contributed by atoms with Crippen LogP contribution in [-0.4, -0.2) is 59.9 Å². The van der Waals surface area contributed by atoms with Gasteiger partial charge in [0.25, 0.3) is 0 Å². The maximum atomic E-state index is 11.6. The number of ether oxygens (including phenoxy) is 3. The third kappa shape index (κ3) is 18.0. The number of carbonyl (C=O) groups excluding carboxylic acids is 1. The predicted octanol–water partition coefficient (Wildman–Crippen LogP) is 8.75. The summed E-state index contributed by atoms with van der Waals surface area (Å²) in [6, 6.07) is 0. The lowest BCUT2D eigenvalue weighted by molar-refractivity contribution is -0.139. The minimum atomic E-state index is -0.399. The molecule has 0 aromatic carbocycles. The van der Waals surface area contributed by atoms with Gasteiger partial charge in [-0.05, 0) is 57.9 Å². The van der Waals surface area contributed by atoms with Gasteiger partial charge >= 0.3 is 5.97 Å². The zero-order chi connectivity index (χ0) is 30.3. The van der Waals surface area contributed by atoms with Gasteiger partial charge in [0.2, 0.25) is 0 Å². The first-order valence-electron chi connectivity index (χ1n) is 18.0. The Balaban J connectivity index is 1.36. The quantitative estimate of drug-likeness (QED) is 0.0696. The van der Waals surface area contributed by atoms with E-state index >= 15 is 0 Å². The van der Waals surface area contributed by atoms with Gasteiger partial charge in [0.15, 0.2) is 0 Å². The Morgan fingerprint density at radius 2 is 1.14 bits per heavy atom. The molecule has 6 nitrogen and oxygen atoms in total. The van der Waals surface area contributed by atoms with E-state index in [1.807, 2.05) is 13.0 Å². The van der Waals surface area contributed by atoms with Crippen molar-refractivity contribution in [3.63, 3.8) is 0 Å². The highest BCUT2D eigenvalue weighted by molar-refractivity contribution is 5.90. The molecular formula is C36H66O6. The molecule has 246 valence electrons. The molecule has 6 heteroatoms. The molecule has 0 spiro atoms. The van der Waals surface area contributed by atoms with Crippen LogP contribution in [0.1, 0.15) is 168 Å². The third-order valence-corrected chi connectivity index (χ3v) is 9.01. The van der Waals surface area contributed by atoms with Crippen LogP contribution in [0.15, 0.2) is 11.6 Å². The summed E-state index contributed by atoms with van der Waals surface area (Å²) in [4.78, 5) is 11.6. The van der Waals surface area contributed by atoms with E-state index in [9.17, 15) is 15.0 Å². The molecule has 1 fully saturated rings. The second kappa shape index (κ2) is 24.4. The molecule has 0 saturated heterocycles. The highest BCUT2D eigenvalue weighted by Gasteiger charge is 2.30. The number of aliphatic hydroxyl groups is 2. The standard InChI is InChI=1S/C36H66O6/c1-3-4-5-6-7-13-16-19-23-32(37)28-40-34-25-21-26-35(34)41-29-33(38)24-20-17-14-11-9-8-10-12-15-18-22-31-27-30(2)42-36(31)39/h27,30,32-35,37-38H,3-26,28-29H2,1-2H3/t30-,32+,33+,34+,35+/m0/s1. The molecule has 1 heterocycles. The van der Waals surface area contributed by atoms with Crippen LogP contribution in [0.5, 0.6) is 0 Å². The first kappa shape index (κ1) is 37.2. The number of rotatable bonds is 28. The van der Waals surface area contributed by atoms with Crippen LogP contribution in [0.3, 0.4) is 0 Å². The van der Waals surface area contributed by atoms with E-state index in [1.54, 1.807) is 0 Å². The Kier molecular flexibility index (Phi) is 21.6. The van der Waals surface area contributed by atoms with Gasteiger partial charge in [-0.3, -0.25) is 0 Å². The fraction of sp³-hybridized carbons (Fsp3) is 0.917. The Morgan fingerprint density at radius 3 is 1.57 bits per heavy atom. The van der Waals surface area contributed by atoms with Gasteiger partial charge in [-0.1, -0.05) is 116 Å². The second-order valence-corrected chi connectivity index (χ2v) is 13.1. The summed E-state index contributed by atoms with van der Waals surface area (Å²) in [6.45, 7) is 4.96. The van der Waals surface area contributed by atoms with Crippen LogP contribution in [0.25, 0.3) is 0 Å². The number of hydrogen-bond acceptors (Lipinski definition) is 6. The number of unbranched alkanes of at least 4 members (excludes halogenated alkanes) is 16. The Hall–Kier alpha value is -0.950. The van der Waals surface area contributed by atoms with E-state index in [1.165, 1.54) is 96.3 Å². The van der Waals surface area contributed by atoms with E-state index in [0.717, 1.165) is 63.4 Å². The van der Waals surface area contributed by atoms with E-state index < -0.39 is 6.10 Å². The van der Waals surface area contributed by atoms with Crippen LogP contribution in [0, 0.1) is 0 Å². The van der Waals surface area contributed by atoms with E-state index in [4.69, 9.17) is 14.2 Å². The van der Waals surface area contributed by atoms with Gasteiger partial charge in [0, 0.05) is 5.57 Å². The van der Waals surface area contributed by atoms with Crippen LogP contribution in [-0.2, 0) is 19.0 Å². The fourth-order valence-electron chi connectivity index (χ4n) is 6.35. The van der Waals surface area contributed by atoms with Gasteiger partial charge in [0.1, 0.15) is 6.10 Å². The van der Waals surface area contributed by atoms with E-state index in [0.29, 0.717) is 13.2 Å². The maximum absolute atomic E-state index is 11.6. The molecule has 0 unspecified atom stereocenters. The monoisotopic (exact) mass is 594 g/mol. The summed E-state index contributed by atoms with van der Waals surface area (Å²) >= 11 is 0. The van der Waals surface area contributed by atoms with Crippen LogP contribution in [0.2, 0.25) is 0 Å². The SMILES string of the molecule is CCCCCCCCCC[C@@H](O)CO[C@@H]1CCC[C@H]1OC[C@H](O)CCCCCCCCCCCCC1=C[C@H](C)OC1=O. The largest absolute Gasteiger partial charge is 0.455 e. The van der Waals surface area contributed by atoms with E-state index in [-0.39, 0.29) is 30.4 Å². The lowest BCUT2D eigenvalue weighted by atomic mass is 10.0. The molecule has 0 amide bonds. The van der Waals surface area contributed by atoms with Gasteiger partial charge < -0.3 is 24.4 Å². The third-order valence-electron chi connectivity index (χ3n) is 9.01. The highest BCUT2D eigenvalue weighted by atomic mass is 16.6. The minimum absolute atomic E-state index is 0.0470. The number of cyclic esters (lactones) is 1. The predicted molar refractivity (Wildman–Crippen MR) is 172 cm³/mol. The Labute approximate surface area is 258 Å². The molecule has 0 bridgehead atoms.